The third-order valence-electron chi connectivity index (χ3n) is 3.09. The van der Waals surface area contributed by atoms with Gasteiger partial charge in [-0.15, -0.1) is 0 Å². The van der Waals surface area contributed by atoms with Crippen LogP contribution in [0.25, 0.3) is 0 Å². The molecule has 1 aromatic rings. The molecule has 0 amide bonds. The highest BCUT2D eigenvalue weighted by Gasteiger charge is 2.03. The van der Waals surface area contributed by atoms with Crippen molar-refractivity contribution in [1.82, 2.24) is 0 Å². The largest absolute Gasteiger partial charge is 0.377 e. The molecular formula is C16H24O2. The number of ketones is 1. The van der Waals surface area contributed by atoms with Crippen LogP contribution in [-0.2, 0) is 16.1 Å². The van der Waals surface area contributed by atoms with E-state index in [2.05, 4.69) is 19.1 Å². The Kier molecular flexibility index (Phi) is 7.35. The van der Waals surface area contributed by atoms with Gasteiger partial charge >= 0.3 is 0 Å². The minimum Gasteiger partial charge on any atom is -0.377 e. The molecule has 0 saturated heterocycles. The van der Waals surface area contributed by atoms with Gasteiger partial charge < -0.3 is 9.53 Å². The van der Waals surface area contributed by atoms with E-state index in [9.17, 15) is 4.79 Å². The number of hydrogen-bond donors (Lipinski definition) is 0. The minimum absolute atomic E-state index is 0.294. The Bertz CT molecular complexity index is 332. The first kappa shape index (κ1) is 14.9. The van der Waals surface area contributed by atoms with Gasteiger partial charge in [0.15, 0.2) is 0 Å². The third-order valence-corrected chi connectivity index (χ3v) is 3.09. The Morgan fingerprint density at radius 2 is 1.94 bits per heavy atom. The topological polar surface area (TPSA) is 26.3 Å². The fourth-order valence-electron chi connectivity index (χ4n) is 1.89. The highest BCUT2D eigenvalue weighted by molar-refractivity contribution is 5.75. The summed E-state index contributed by atoms with van der Waals surface area (Å²) in [5.74, 6) is 0.933. The molecule has 0 aliphatic carbocycles. The van der Waals surface area contributed by atoms with Crippen molar-refractivity contribution in [3.8, 4) is 0 Å². The maximum atomic E-state index is 10.8. The molecular weight excluding hydrogens is 224 g/mol. The van der Waals surface area contributed by atoms with Gasteiger partial charge in [0.2, 0.25) is 0 Å². The van der Waals surface area contributed by atoms with E-state index in [1.807, 2.05) is 18.2 Å². The predicted molar refractivity (Wildman–Crippen MR) is 74.4 cm³/mol. The lowest BCUT2D eigenvalue weighted by molar-refractivity contribution is -0.117. The van der Waals surface area contributed by atoms with Crippen LogP contribution in [0.3, 0.4) is 0 Å². The number of Topliss-reactive ketones (excluding diaryl/α,β-unsaturated/α-hetero) is 1. The number of ether oxygens (including phenoxy) is 1. The van der Waals surface area contributed by atoms with E-state index in [4.69, 9.17) is 4.74 Å². The van der Waals surface area contributed by atoms with Gasteiger partial charge in [-0.05, 0) is 31.2 Å². The monoisotopic (exact) mass is 248 g/mol. The second-order valence-corrected chi connectivity index (χ2v) is 5.03. The van der Waals surface area contributed by atoms with Crippen molar-refractivity contribution in [3.63, 3.8) is 0 Å². The first-order chi connectivity index (χ1) is 8.68. The minimum atomic E-state index is 0.294. The molecule has 1 atom stereocenters. The summed E-state index contributed by atoms with van der Waals surface area (Å²) < 4.78 is 5.65. The Balaban J connectivity index is 2.02. The van der Waals surface area contributed by atoms with Crippen molar-refractivity contribution in [1.29, 1.82) is 0 Å². The number of rotatable bonds is 9. The fourth-order valence-corrected chi connectivity index (χ4v) is 1.89. The summed E-state index contributed by atoms with van der Waals surface area (Å²) in [6, 6.07) is 10.2. The molecule has 0 heterocycles. The molecule has 100 valence electrons. The van der Waals surface area contributed by atoms with E-state index in [-0.39, 0.29) is 0 Å². The summed E-state index contributed by atoms with van der Waals surface area (Å²) in [7, 11) is 0. The number of hydrogen-bond acceptors (Lipinski definition) is 2. The Morgan fingerprint density at radius 1 is 1.22 bits per heavy atom. The first-order valence-electron chi connectivity index (χ1n) is 6.79. The molecule has 0 aliphatic heterocycles. The molecule has 0 fully saturated rings. The third kappa shape index (κ3) is 7.23. The van der Waals surface area contributed by atoms with Gasteiger partial charge in [0, 0.05) is 13.0 Å². The zero-order chi connectivity index (χ0) is 13.2. The smallest absolute Gasteiger partial charge is 0.129 e. The van der Waals surface area contributed by atoms with Crippen molar-refractivity contribution in [2.24, 2.45) is 5.92 Å². The Labute approximate surface area is 110 Å². The van der Waals surface area contributed by atoms with Crippen LogP contribution in [0.1, 0.15) is 45.1 Å². The van der Waals surface area contributed by atoms with Gasteiger partial charge in [0.05, 0.1) is 6.61 Å². The van der Waals surface area contributed by atoms with Crippen molar-refractivity contribution < 1.29 is 9.53 Å². The van der Waals surface area contributed by atoms with Gasteiger partial charge in [0.1, 0.15) is 5.78 Å². The standard InChI is InChI=1S/C16H24O2/c1-14(7-6-8-15(2)17)11-12-18-13-16-9-4-3-5-10-16/h3-5,9-10,14H,6-8,11-13H2,1-2H3. The number of carbonyl (C=O) groups excluding carboxylic acids is 1. The lowest BCUT2D eigenvalue weighted by Gasteiger charge is -2.11. The van der Waals surface area contributed by atoms with Crippen LogP contribution in [0.2, 0.25) is 0 Å². The predicted octanol–water partition coefficient (Wildman–Crippen LogP) is 3.99. The number of benzene rings is 1. The molecule has 1 rings (SSSR count). The van der Waals surface area contributed by atoms with Crippen LogP contribution in [0, 0.1) is 5.92 Å². The van der Waals surface area contributed by atoms with Gasteiger partial charge in [-0.25, -0.2) is 0 Å². The summed E-state index contributed by atoms with van der Waals surface area (Å²) in [5, 5.41) is 0. The molecule has 0 radical (unpaired) electrons. The molecule has 0 aliphatic rings. The fraction of sp³-hybridized carbons (Fsp3) is 0.562. The van der Waals surface area contributed by atoms with Crippen LogP contribution < -0.4 is 0 Å². The zero-order valence-corrected chi connectivity index (χ0v) is 11.5. The molecule has 0 N–H and O–H groups in total. The summed E-state index contributed by atoms with van der Waals surface area (Å²) >= 11 is 0. The molecule has 18 heavy (non-hydrogen) atoms. The van der Waals surface area contributed by atoms with Crippen molar-refractivity contribution in [3.05, 3.63) is 35.9 Å². The van der Waals surface area contributed by atoms with Crippen LogP contribution >= 0.6 is 0 Å². The van der Waals surface area contributed by atoms with Crippen LogP contribution in [0.15, 0.2) is 30.3 Å². The first-order valence-corrected chi connectivity index (χ1v) is 6.79. The zero-order valence-electron chi connectivity index (χ0n) is 11.5. The average molecular weight is 248 g/mol. The SMILES string of the molecule is CC(=O)CCCC(C)CCOCc1ccccc1. The van der Waals surface area contributed by atoms with Gasteiger partial charge in [0.25, 0.3) is 0 Å². The summed E-state index contributed by atoms with van der Waals surface area (Å²) in [6.45, 7) is 5.39. The maximum Gasteiger partial charge on any atom is 0.129 e. The summed E-state index contributed by atoms with van der Waals surface area (Å²) in [6.07, 6.45) is 3.92. The number of carbonyl (C=O) groups is 1. The normalized spacial score (nSPS) is 12.3. The summed E-state index contributed by atoms with van der Waals surface area (Å²) in [5.41, 5.74) is 1.22. The van der Waals surface area contributed by atoms with E-state index in [1.165, 1.54) is 5.56 Å². The average Bonchev–Trinajstić information content (AvgIpc) is 2.35. The second-order valence-electron chi connectivity index (χ2n) is 5.03. The van der Waals surface area contributed by atoms with Crippen LogP contribution in [0.5, 0.6) is 0 Å². The van der Waals surface area contributed by atoms with Crippen molar-refractivity contribution in [2.75, 3.05) is 6.61 Å². The lowest BCUT2D eigenvalue weighted by atomic mass is 10.0. The highest BCUT2D eigenvalue weighted by atomic mass is 16.5. The maximum absolute atomic E-state index is 10.8. The lowest BCUT2D eigenvalue weighted by Crippen LogP contribution is -2.03. The van der Waals surface area contributed by atoms with E-state index in [1.54, 1.807) is 6.92 Å². The van der Waals surface area contributed by atoms with Crippen LogP contribution in [0.4, 0.5) is 0 Å². The Morgan fingerprint density at radius 3 is 2.61 bits per heavy atom. The second kappa shape index (κ2) is 8.87. The molecule has 2 nitrogen and oxygen atoms in total. The van der Waals surface area contributed by atoms with E-state index in [0.717, 1.165) is 32.3 Å². The van der Waals surface area contributed by atoms with E-state index < -0.39 is 0 Å². The molecule has 0 saturated carbocycles. The highest BCUT2D eigenvalue weighted by Crippen LogP contribution is 2.12. The molecule has 1 unspecified atom stereocenters. The van der Waals surface area contributed by atoms with Gasteiger partial charge in [-0.1, -0.05) is 43.7 Å². The van der Waals surface area contributed by atoms with Crippen molar-refractivity contribution >= 4 is 5.78 Å². The van der Waals surface area contributed by atoms with Crippen LogP contribution in [-0.4, -0.2) is 12.4 Å². The van der Waals surface area contributed by atoms with E-state index >= 15 is 0 Å². The van der Waals surface area contributed by atoms with E-state index in [0.29, 0.717) is 18.3 Å². The quantitative estimate of drug-likeness (QED) is 0.618. The van der Waals surface area contributed by atoms with Gasteiger partial charge in [-0.3, -0.25) is 0 Å². The molecule has 0 aromatic heterocycles. The molecule has 2 heteroatoms. The summed E-state index contributed by atoms with van der Waals surface area (Å²) in [4.78, 5) is 10.8. The van der Waals surface area contributed by atoms with Crippen molar-refractivity contribution in [2.45, 2.75) is 46.1 Å². The molecule has 1 aromatic carbocycles. The Hall–Kier alpha value is -1.15. The van der Waals surface area contributed by atoms with Gasteiger partial charge in [-0.2, -0.15) is 0 Å². The molecule has 0 spiro atoms. The molecule has 0 bridgehead atoms.